The molecule has 3 N–H and O–H groups in total. The highest BCUT2D eigenvalue weighted by molar-refractivity contribution is 7.85. The summed E-state index contributed by atoms with van der Waals surface area (Å²) in [6.45, 7) is 1.12. The van der Waals surface area contributed by atoms with Crippen LogP contribution in [-0.4, -0.2) is 50.3 Å². The average Bonchev–Trinajstić information content (AvgIpc) is 2.88. The predicted octanol–water partition coefficient (Wildman–Crippen LogP) is 0.329. The van der Waals surface area contributed by atoms with Gasteiger partial charge in [-0.3, -0.25) is 4.55 Å². The lowest BCUT2D eigenvalue weighted by molar-refractivity contribution is -0.0874. The highest BCUT2D eigenvalue weighted by Crippen LogP contribution is 2.29. The summed E-state index contributed by atoms with van der Waals surface area (Å²) in [7, 11) is -3.67. The van der Waals surface area contributed by atoms with E-state index in [0.29, 0.717) is 12.3 Å². The first-order chi connectivity index (χ1) is 10.9. The molecule has 0 unspecified atom stereocenters. The number of rotatable bonds is 4. The highest BCUT2D eigenvalue weighted by Gasteiger charge is 2.38. The lowest BCUT2D eigenvalue weighted by Gasteiger charge is -2.31. The highest BCUT2D eigenvalue weighted by atomic mass is 32.2. The maximum Gasteiger partial charge on any atom is 0.261 e. The maximum absolute atomic E-state index is 13.8. The topological polar surface area (TPSA) is 126 Å². The molecular weight excluding hydrogens is 348 g/mol. The van der Waals surface area contributed by atoms with Crippen molar-refractivity contribution >= 4 is 10.1 Å². The van der Waals surface area contributed by atoms with Gasteiger partial charge in [0.2, 0.25) is 0 Å². The monoisotopic (exact) mass is 365 g/mol. The molecule has 1 aromatic carbocycles. The Hall–Kier alpha value is -1.95. The van der Waals surface area contributed by atoms with E-state index in [1.54, 1.807) is 0 Å². The largest absolute Gasteiger partial charge is 0.390 e. The summed E-state index contributed by atoms with van der Waals surface area (Å²) in [6.07, 6.45) is 2.02. The van der Waals surface area contributed by atoms with E-state index in [-0.39, 0.29) is 12.1 Å². The number of hydrogen-bond acceptors (Lipinski definition) is 6. The molecule has 0 aliphatic rings. The fraction of sp³-hybridized carbons (Fsp3) is 0.385. The first-order valence-corrected chi connectivity index (χ1v) is 8.39. The molecule has 0 saturated heterocycles. The number of benzene rings is 1. The third-order valence-corrected chi connectivity index (χ3v) is 2.96. The lowest BCUT2D eigenvalue weighted by Crippen LogP contribution is -2.42. The quantitative estimate of drug-likeness (QED) is 0.667. The van der Waals surface area contributed by atoms with Gasteiger partial charge in [-0.1, -0.05) is 6.07 Å². The molecule has 0 spiro atoms. The van der Waals surface area contributed by atoms with Gasteiger partial charge >= 0.3 is 0 Å². The average molecular weight is 365 g/mol. The summed E-state index contributed by atoms with van der Waals surface area (Å²) in [5.41, 5.74) is -2.12. The molecule has 8 nitrogen and oxygen atoms in total. The fourth-order valence-electron chi connectivity index (χ4n) is 1.84. The molecule has 24 heavy (non-hydrogen) atoms. The Labute approximate surface area is 137 Å². The molecule has 0 bridgehead atoms. The zero-order chi connectivity index (χ0) is 18.5. The Morgan fingerprint density at radius 3 is 2.38 bits per heavy atom. The summed E-state index contributed by atoms with van der Waals surface area (Å²) in [6, 6.07) is 2.78. The van der Waals surface area contributed by atoms with Crippen LogP contribution in [0.1, 0.15) is 12.5 Å². The summed E-state index contributed by atoms with van der Waals surface area (Å²) in [5.74, 6) is -1.68. The normalized spacial score (nSPS) is 15.1. The second-order valence-corrected chi connectivity index (χ2v) is 6.52. The minimum Gasteiger partial charge on any atom is -0.390 e. The molecule has 134 valence electrons. The van der Waals surface area contributed by atoms with Crippen molar-refractivity contribution in [3.05, 3.63) is 48.1 Å². The van der Waals surface area contributed by atoms with Crippen LogP contribution < -0.4 is 0 Å². The molecule has 0 amide bonds. The van der Waals surface area contributed by atoms with E-state index in [9.17, 15) is 27.4 Å². The van der Waals surface area contributed by atoms with Crippen molar-refractivity contribution in [1.82, 2.24) is 14.8 Å². The van der Waals surface area contributed by atoms with E-state index in [1.807, 2.05) is 0 Å². The molecule has 1 heterocycles. The first kappa shape index (κ1) is 20.1. The standard InChI is InChI=1S/C12H13F2N3O2.CH4O3S/c1-8(18)12(19,5-17-7-15-6-16-17)10-3-2-9(13)4-11(10)14;1-5(2,3)4/h2-4,6-8,18-19H,5H2,1H3;1H3,(H,2,3,4)/t8-,12+;/m0./s1. The van der Waals surface area contributed by atoms with Crippen LogP contribution >= 0.6 is 0 Å². The van der Waals surface area contributed by atoms with E-state index in [0.717, 1.165) is 12.1 Å². The molecule has 0 radical (unpaired) electrons. The Balaban J connectivity index is 0.000000505. The number of aliphatic hydroxyl groups excluding tert-OH is 1. The molecule has 0 saturated carbocycles. The van der Waals surface area contributed by atoms with Crippen molar-refractivity contribution < 1.29 is 32.0 Å². The molecule has 11 heteroatoms. The maximum atomic E-state index is 13.8. The summed E-state index contributed by atoms with van der Waals surface area (Å²) in [4.78, 5) is 3.70. The van der Waals surface area contributed by atoms with Gasteiger partial charge < -0.3 is 10.2 Å². The van der Waals surface area contributed by atoms with E-state index in [2.05, 4.69) is 10.1 Å². The van der Waals surface area contributed by atoms with Crippen molar-refractivity contribution in [1.29, 1.82) is 0 Å². The van der Waals surface area contributed by atoms with E-state index < -0.39 is 33.5 Å². The van der Waals surface area contributed by atoms with E-state index in [1.165, 1.54) is 24.3 Å². The van der Waals surface area contributed by atoms with Gasteiger partial charge in [0.1, 0.15) is 29.9 Å². The van der Waals surface area contributed by atoms with Gasteiger partial charge in [-0.2, -0.15) is 13.5 Å². The van der Waals surface area contributed by atoms with Gasteiger partial charge in [-0.25, -0.2) is 18.4 Å². The third kappa shape index (κ3) is 5.92. The SMILES string of the molecule is CS(=O)(=O)O.C[C@H](O)[C@](O)(Cn1cncn1)c1ccc(F)cc1F. The molecule has 2 aromatic rings. The Morgan fingerprint density at radius 1 is 1.38 bits per heavy atom. The second-order valence-electron chi connectivity index (χ2n) is 5.05. The number of aromatic nitrogens is 3. The van der Waals surface area contributed by atoms with Crippen LogP contribution in [0.15, 0.2) is 30.9 Å². The zero-order valence-electron chi connectivity index (χ0n) is 12.8. The van der Waals surface area contributed by atoms with Crippen molar-refractivity contribution in [3.8, 4) is 0 Å². The van der Waals surface area contributed by atoms with Gasteiger partial charge in [0, 0.05) is 11.6 Å². The van der Waals surface area contributed by atoms with Crippen LogP contribution in [0.25, 0.3) is 0 Å². The Kier molecular flexibility index (Phi) is 6.49. The minimum atomic E-state index is -3.67. The molecular formula is C13H17F2N3O5S. The van der Waals surface area contributed by atoms with Crippen LogP contribution in [0.2, 0.25) is 0 Å². The van der Waals surface area contributed by atoms with Gasteiger partial charge in [-0.15, -0.1) is 0 Å². The third-order valence-electron chi connectivity index (χ3n) is 2.96. The second kappa shape index (κ2) is 7.75. The van der Waals surface area contributed by atoms with Crippen LogP contribution in [0.5, 0.6) is 0 Å². The summed E-state index contributed by atoms with van der Waals surface area (Å²) >= 11 is 0. The van der Waals surface area contributed by atoms with Crippen molar-refractivity contribution in [2.45, 2.75) is 25.2 Å². The van der Waals surface area contributed by atoms with Crippen molar-refractivity contribution in [2.75, 3.05) is 6.26 Å². The smallest absolute Gasteiger partial charge is 0.261 e. The number of nitrogens with zero attached hydrogens (tertiary/aromatic N) is 3. The number of hydrogen-bond donors (Lipinski definition) is 3. The van der Waals surface area contributed by atoms with Gasteiger partial charge in [-0.05, 0) is 13.0 Å². The molecule has 0 aliphatic heterocycles. The van der Waals surface area contributed by atoms with Crippen LogP contribution in [0.3, 0.4) is 0 Å². The molecule has 2 atom stereocenters. The van der Waals surface area contributed by atoms with Gasteiger partial charge in [0.25, 0.3) is 10.1 Å². The van der Waals surface area contributed by atoms with Gasteiger partial charge in [0.05, 0.1) is 18.9 Å². The summed E-state index contributed by atoms with van der Waals surface area (Å²) < 4.78 is 53.8. The lowest BCUT2D eigenvalue weighted by atomic mass is 9.88. The molecule has 1 aromatic heterocycles. The number of halogens is 2. The van der Waals surface area contributed by atoms with Gasteiger partial charge in [0.15, 0.2) is 0 Å². The number of aliphatic hydroxyl groups is 2. The van der Waals surface area contributed by atoms with Crippen molar-refractivity contribution in [2.24, 2.45) is 0 Å². The molecule has 2 rings (SSSR count). The molecule has 0 aliphatic carbocycles. The zero-order valence-corrected chi connectivity index (χ0v) is 13.7. The van der Waals surface area contributed by atoms with E-state index in [4.69, 9.17) is 4.55 Å². The fourth-order valence-corrected chi connectivity index (χ4v) is 1.84. The summed E-state index contributed by atoms with van der Waals surface area (Å²) in [5, 5.41) is 24.0. The van der Waals surface area contributed by atoms with Crippen LogP contribution in [0, 0.1) is 11.6 Å². The predicted molar refractivity (Wildman–Crippen MR) is 79.4 cm³/mol. The van der Waals surface area contributed by atoms with Crippen molar-refractivity contribution in [3.63, 3.8) is 0 Å². The Bertz CT molecular complexity index is 760. The van der Waals surface area contributed by atoms with Crippen LogP contribution in [0.4, 0.5) is 8.78 Å². The van der Waals surface area contributed by atoms with E-state index >= 15 is 0 Å². The first-order valence-electron chi connectivity index (χ1n) is 6.54. The van der Waals surface area contributed by atoms with Crippen LogP contribution in [-0.2, 0) is 22.3 Å². The molecule has 0 fully saturated rings. The minimum absolute atomic E-state index is 0.195. The Morgan fingerprint density at radius 2 is 1.96 bits per heavy atom.